The van der Waals surface area contributed by atoms with Gasteiger partial charge in [-0.05, 0) is 18.9 Å². The number of aliphatic hydroxyl groups is 1. The summed E-state index contributed by atoms with van der Waals surface area (Å²) in [6.45, 7) is 0.578. The molecule has 0 amide bonds. The van der Waals surface area contributed by atoms with Crippen LogP contribution in [0.4, 0.5) is 19.0 Å². The molecule has 0 aliphatic rings. The summed E-state index contributed by atoms with van der Waals surface area (Å²) < 4.78 is 36.9. The Morgan fingerprint density at radius 1 is 1.35 bits per heavy atom. The minimum absolute atomic E-state index is 0.0659. The van der Waals surface area contributed by atoms with Gasteiger partial charge < -0.3 is 10.4 Å². The van der Waals surface area contributed by atoms with Crippen molar-refractivity contribution >= 4 is 17.4 Å². The molecule has 0 unspecified atom stereocenters. The van der Waals surface area contributed by atoms with Crippen LogP contribution in [0, 0.1) is 0 Å². The molecule has 3 nitrogen and oxygen atoms in total. The summed E-state index contributed by atoms with van der Waals surface area (Å²) in [6.07, 6.45) is -2.40. The van der Waals surface area contributed by atoms with E-state index in [0.29, 0.717) is 19.4 Å². The molecule has 1 aromatic rings. The summed E-state index contributed by atoms with van der Waals surface area (Å²) in [7, 11) is 0. The number of anilines is 1. The second-order valence-corrected chi connectivity index (χ2v) is 3.82. The van der Waals surface area contributed by atoms with Gasteiger partial charge in [0.05, 0.1) is 10.6 Å². The zero-order valence-corrected chi connectivity index (χ0v) is 9.65. The second kappa shape index (κ2) is 6.07. The van der Waals surface area contributed by atoms with Gasteiger partial charge in [0.2, 0.25) is 0 Å². The molecule has 0 spiro atoms. The van der Waals surface area contributed by atoms with Crippen molar-refractivity contribution in [2.75, 3.05) is 18.5 Å². The molecule has 0 saturated carbocycles. The Morgan fingerprint density at radius 3 is 2.59 bits per heavy atom. The van der Waals surface area contributed by atoms with Crippen LogP contribution >= 0.6 is 11.6 Å². The number of aliphatic hydroxyl groups excluding tert-OH is 1. The van der Waals surface area contributed by atoms with Crippen LogP contribution in [0.3, 0.4) is 0 Å². The summed E-state index contributed by atoms with van der Waals surface area (Å²) in [5, 5.41) is 11.3. The maximum Gasteiger partial charge on any atom is 0.417 e. The second-order valence-electron chi connectivity index (χ2n) is 3.41. The van der Waals surface area contributed by atoms with Gasteiger partial charge in [0, 0.05) is 19.3 Å². The fraction of sp³-hybridized carbons (Fsp3) is 0.500. The molecule has 0 atom stereocenters. The van der Waals surface area contributed by atoms with Crippen LogP contribution in [0.25, 0.3) is 0 Å². The lowest BCUT2D eigenvalue weighted by Gasteiger charge is -2.10. The highest BCUT2D eigenvalue weighted by Crippen LogP contribution is 2.32. The van der Waals surface area contributed by atoms with Crippen LogP contribution in [0.5, 0.6) is 0 Å². The molecule has 0 aromatic carbocycles. The Balaban J connectivity index is 2.64. The summed E-state index contributed by atoms with van der Waals surface area (Å²) in [6, 6.07) is 0.836. The van der Waals surface area contributed by atoms with Crippen molar-refractivity contribution in [2.45, 2.75) is 19.0 Å². The normalized spacial score (nSPS) is 11.6. The lowest BCUT2D eigenvalue weighted by molar-refractivity contribution is -0.137. The third-order valence-corrected chi connectivity index (χ3v) is 2.33. The van der Waals surface area contributed by atoms with Gasteiger partial charge in [-0.1, -0.05) is 11.6 Å². The maximum absolute atomic E-state index is 12.3. The number of halogens is 4. The molecule has 0 bridgehead atoms. The average molecular weight is 269 g/mol. The molecule has 0 aliphatic carbocycles. The van der Waals surface area contributed by atoms with Crippen LogP contribution in [0.2, 0.25) is 5.02 Å². The number of nitrogens with zero attached hydrogens (tertiary/aromatic N) is 1. The van der Waals surface area contributed by atoms with Crippen molar-refractivity contribution in [1.29, 1.82) is 0 Å². The Morgan fingerprint density at radius 2 is 2.06 bits per heavy atom. The Kier molecular flexibility index (Phi) is 5.02. The first kappa shape index (κ1) is 14.1. The van der Waals surface area contributed by atoms with Crippen LogP contribution < -0.4 is 5.32 Å². The number of rotatable bonds is 5. The lowest BCUT2D eigenvalue weighted by atomic mass is 10.2. The number of hydrogen-bond donors (Lipinski definition) is 2. The van der Waals surface area contributed by atoms with Crippen LogP contribution in [-0.4, -0.2) is 23.2 Å². The van der Waals surface area contributed by atoms with Gasteiger partial charge >= 0.3 is 6.18 Å². The molecule has 1 aromatic heterocycles. The highest BCUT2D eigenvalue weighted by Gasteiger charge is 2.31. The molecule has 17 heavy (non-hydrogen) atoms. The quantitative estimate of drug-likeness (QED) is 0.807. The third-order valence-electron chi connectivity index (χ3n) is 2.05. The van der Waals surface area contributed by atoms with E-state index in [1.165, 1.54) is 0 Å². The zero-order valence-electron chi connectivity index (χ0n) is 8.89. The smallest absolute Gasteiger partial charge is 0.396 e. The van der Waals surface area contributed by atoms with Crippen LogP contribution in [0.1, 0.15) is 18.4 Å². The molecular weight excluding hydrogens is 257 g/mol. The number of alkyl halides is 3. The van der Waals surface area contributed by atoms with Gasteiger partial charge in [-0.2, -0.15) is 13.2 Å². The van der Waals surface area contributed by atoms with Crippen LogP contribution in [0.15, 0.2) is 12.3 Å². The monoisotopic (exact) mass is 268 g/mol. The minimum atomic E-state index is -4.44. The molecule has 0 aliphatic heterocycles. The van der Waals surface area contributed by atoms with Crippen molar-refractivity contribution in [3.05, 3.63) is 22.8 Å². The van der Waals surface area contributed by atoms with E-state index >= 15 is 0 Å². The largest absolute Gasteiger partial charge is 0.417 e. The molecule has 2 N–H and O–H groups in total. The number of pyridine rings is 1. The number of nitrogens with one attached hydrogen (secondary N) is 1. The van der Waals surface area contributed by atoms with Gasteiger partial charge in [0.1, 0.15) is 5.82 Å². The highest BCUT2D eigenvalue weighted by atomic mass is 35.5. The molecular formula is C10H12ClF3N2O. The van der Waals surface area contributed by atoms with Gasteiger partial charge in [-0.3, -0.25) is 0 Å². The molecule has 0 saturated heterocycles. The predicted molar refractivity (Wildman–Crippen MR) is 59.1 cm³/mol. The summed E-state index contributed by atoms with van der Waals surface area (Å²) in [4.78, 5) is 3.62. The van der Waals surface area contributed by atoms with E-state index in [-0.39, 0.29) is 17.4 Å². The molecule has 1 heterocycles. The Labute approximate surface area is 102 Å². The highest BCUT2D eigenvalue weighted by molar-refractivity contribution is 6.32. The predicted octanol–water partition coefficient (Wildman–Crippen LogP) is 2.94. The molecule has 0 fully saturated rings. The molecule has 1 rings (SSSR count). The Hall–Kier alpha value is -1.01. The van der Waals surface area contributed by atoms with Gasteiger partial charge in [0.25, 0.3) is 0 Å². The maximum atomic E-state index is 12.3. The summed E-state index contributed by atoms with van der Waals surface area (Å²) in [5.74, 6) is 0.220. The third kappa shape index (κ3) is 4.40. The SMILES string of the molecule is OCCCCNc1ncc(C(F)(F)F)cc1Cl. The fourth-order valence-corrected chi connectivity index (χ4v) is 1.40. The van der Waals surface area contributed by atoms with Crippen molar-refractivity contribution < 1.29 is 18.3 Å². The fourth-order valence-electron chi connectivity index (χ4n) is 1.17. The molecule has 7 heteroatoms. The van der Waals surface area contributed by atoms with E-state index in [4.69, 9.17) is 16.7 Å². The molecule has 0 radical (unpaired) electrons. The summed E-state index contributed by atoms with van der Waals surface area (Å²) >= 11 is 5.67. The first-order valence-corrected chi connectivity index (χ1v) is 5.40. The average Bonchev–Trinajstić information content (AvgIpc) is 2.24. The number of aromatic nitrogens is 1. The topological polar surface area (TPSA) is 45.1 Å². The Bertz CT molecular complexity index is 371. The lowest BCUT2D eigenvalue weighted by Crippen LogP contribution is -2.08. The van der Waals surface area contributed by atoms with Crippen LogP contribution in [-0.2, 0) is 6.18 Å². The van der Waals surface area contributed by atoms with Gasteiger partial charge in [0.15, 0.2) is 0 Å². The van der Waals surface area contributed by atoms with E-state index in [0.717, 1.165) is 12.3 Å². The van der Waals surface area contributed by atoms with E-state index in [9.17, 15) is 13.2 Å². The van der Waals surface area contributed by atoms with Crippen molar-refractivity contribution in [2.24, 2.45) is 0 Å². The van der Waals surface area contributed by atoms with Crippen molar-refractivity contribution in [3.63, 3.8) is 0 Å². The van der Waals surface area contributed by atoms with Gasteiger partial charge in [-0.15, -0.1) is 0 Å². The number of hydrogen-bond acceptors (Lipinski definition) is 3. The standard InChI is InChI=1S/C10H12ClF3N2O/c11-8-5-7(10(12,13)14)6-16-9(8)15-3-1-2-4-17/h5-6,17H,1-4H2,(H,15,16). The van der Waals surface area contributed by atoms with Crippen molar-refractivity contribution in [3.8, 4) is 0 Å². The van der Waals surface area contributed by atoms with E-state index in [1.54, 1.807) is 0 Å². The summed E-state index contributed by atoms with van der Waals surface area (Å²) in [5.41, 5.74) is -0.872. The number of unbranched alkanes of at least 4 members (excludes halogenated alkanes) is 1. The first-order valence-electron chi connectivity index (χ1n) is 5.02. The van der Waals surface area contributed by atoms with E-state index in [2.05, 4.69) is 10.3 Å². The first-order chi connectivity index (χ1) is 7.95. The van der Waals surface area contributed by atoms with E-state index < -0.39 is 11.7 Å². The van der Waals surface area contributed by atoms with Crippen molar-refractivity contribution in [1.82, 2.24) is 4.98 Å². The zero-order chi connectivity index (χ0) is 12.9. The van der Waals surface area contributed by atoms with Gasteiger partial charge in [-0.25, -0.2) is 4.98 Å². The van der Waals surface area contributed by atoms with E-state index in [1.807, 2.05) is 0 Å². The molecule has 96 valence electrons. The minimum Gasteiger partial charge on any atom is -0.396 e.